The van der Waals surface area contributed by atoms with Crippen molar-refractivity contribution >= 4 is 34.7 Å². The standard InChI is InChI=1S/C18H15Cl2NO2/c1-18(2)16(22)15(17(23)21-18)13-7-6-11(9-14(13)20)10-4-3-5-12(19)8-10/h3-9,22H,1-2H3,(H,21,23). The molecule has 1 aliphatic heterocycles. The van der Waals surface area contributed by atoms with Gasteiger partial charge in [-0.25, -0.2) is 0 Å². The maximum absolute atomic E-state index is 12.1. The first kappa shape index (κ1) is 15.9. The molecule has 118 valence electrons. The van der Waals surface area contributed by atoms with Crippen LogP contribution in [-0.4, -0.2) is 16.6 Å². The van der Waals surface area contributed by atoms with Crippen LogP contribution in [-0.2, 0) is 4.79 Å². The molecule has 5 heteroatoms. The number of amides is 1. The predicted molar refractivity (Wildman–Crippen MR) is 93.7 cm³/mol. The van der Waals surface area contributed by atoms with E-state index in [0.29, 0.717) is 15.6 Å². The molecule has 23 heavy (non-hydrogen) atoms. The van der Waals surface area contributed by atoms with Crippen LogP contribution in [0.1, 0.15) is 19.4 Å². The number of rotatable bonds is 2. The van der Waals surface area contributed by atoms with Crippen molar-refractivity contribution in [1.29, 1.82) is 0 Å². The number of nitrogens with one attached hydrogen (secondary N) is 1. The van der Waals surface area contributed by atoms with E-state index < -0.39 is 5.54 Å². The fraction of sp³-hybridized carbons (Fsp3) is 0.167. The van der Waals surface area contributed by atoms with E-state index in [1.807, 2.05) is 24.3 Å². The average Bonchev–Trinajstić information content (AvgIpc) is 2.68. The van der Waals surface area contributed by atoms with Gasteiger partial charge in [0.05, 0.1) is 11.1 Å². The summed E-state index contributed by atoms with van der Waals surface area (Å²) in [6, 6.07) is 12.8. The third-order valence-corrected chi connectivity index (χ3v) is 4.43. The molecular weight excluding hydrogens is 333 g/mol. The third-order valence-electron chi connectivity index (χ3n) is 3.88. The summed E-state index contributed by atoms with van der Waals surface area (Å²) in [6.45, 7) is 3.48. The second-order valence-corrected chi connectivity index (χ2v) is 6.85. The zero-order valence-corrected chi connectivity index (χ0v) is 14.2. The van der Waals surface area contributed by atoms with Crippen LogP contribution in [0, 0.1) is 0 Å². The zero-order valence-electron chi connectivity index (χ0n) is 12.7. The number of carbonyl (C=O) groups excluding carboxylic acids is 1. The predicted octanol–water partition coefficient (Wildman–Crippen LogP) is 4.84. The number of carbonyl (C=O) groups is 1. The van der Waals surface area contributed by atoms with Gasteiger partial charge in [0.1, 0.15) is 5.76 Å². The topological polar surface area (TPSA) is 49.3 Å². The molecule has 3 rings (SSSR count). The van der Waals surface area contributed by atoms with Gasteiger partial charge < -0.3 is 10.4 Å². The van der Waals surface area contributed by atoms with Crippen molar-refractivity contribution < 1.29 is 9.90 Å². The quantitative estimate of drug-likeness (QED) is 0.816. The Balaban J connectivity index is 2.08. The van der Waals surface area contributed by atoms with Crippen molar-refractivity contribution in [2.24, 2.45) is 0 Å². The van der Waals surface area contributed by atoms with Crippen molar-refractivity contribution in [1.82, 2.24) is 5.32 Å². The summed E-state index contributed by atoms with van der Waals surface area (Å²) in [4.78, 5) is 12.1. The van der Waals surface area contributed by atoms with Crippen LogP contribution in [0.25, 0.3) is 16.7 Å². The van der Waals surface area contributed by atoms with E-state index in [1.165, 1.54) is 0 Å². The summed E-state index contributed by atoms with van der Waals surface area (Å²) in [5.74, 6) is -0.329. The highest BCUT2D eigenvalue weighted by atomic mass is 35.5. The SMILES string of the molecule is CC1(C)NC(=O)C(c2ccc(-c3cccc(Cl)c3)cc2Cl)=C1O. The Morgan fingerprint density at radius 3 is 2.30 bits per heavy atom. The van der Waals surface area contributed by atoms with E-state index >= 15 is 0 Å². The molecule has 3 nitrogen and oxygen atoms in total. The molecular formula is C18H15Cl2NO2. The van der Waals surface area contributed by atoms with Crippen molar-refractivity contribution in [3.63, 3.8) is 0 Å². The van der Waals surface area contributed by atoms with Crippen LogP contribution in [0.15, 0.2) is 48.2 Å². The minimum atomic E-state index is -0.790. The van der Waals surface area contributed by atoms with E-state index in [4.69, 9.17) is 23.2 Å². The Hall–Kier alpha value is -1.97. The van der Waals surface area contributed by atoms with E-state index in [0.717, 1.165) is 11.1 Å². The smallest absolute Gasteiger partial charge is 0.256 e. The minimum Gasteiger partial charge on any atom is -0.509 e. The number of halogens is 2. The molecule has 0 radical (unpaired) electrons. The molecule has 0 aliphatic carbocycles. The molecule has 0 spiro atoms. The van der Waals surface area contributed by atoms with Gasteiger partial charge in [0.2, 0.25) is 0 Å². The number of aliphatic hydroxyl groups excluding tert-OH is 1. The third kappa shape index (κ3) is 2.82. The Labute approximate surface area is 144 Å². The van der Waals surface area contributed by atoms with Crippen molar-refractivity contribution in [2.75, 3.05) is 0 Å². The first-order valence-corrected chi connectivity index (χ1v) is 7.87. The van der Waals surface area contributed by atoms with Gasteiger partial charge in [-0.1, -0.05) is 47.5 Å². The molecule has 0 bridgehead atoms. The van der Waals surface area contributed by atoms with Crippen molar-refractivity contribution in [3.8, 4) is 11.1 Å². The fourth-order valence-electron chi connectivity index (χ4n) is 2.64. The monoisotopic (exact) mass is 347 g/mol. The highest BCUT2D eigenvalue weighted by molar-refractivity contribution is 6.36. The lowest BCUT2D eigenvalue weighted by molar-refractivity contribution is -0.115. The molecule has 0 saturated heterocycles. The van der Waals surface area contributed by atoms with E-state index in [-0.39, 0.29) is 17.2 Å². The van der Waals surface area contributed by atoms with Crippen LogP contribution in [0.5, 0.6) is 0 Å². The lowest BCUT2D eigenvalue weighted by Crippen LogP contribution is -2.38. The summed E-state index contributed by atoms with van der Waals surface area (Å²) in [7, 11) is 0. The summed E-state index contributed by atoms with van der Waals surface area (Å²) in [6.07, 6.45) is 0. The Kier molecular flexibility index (Phi) is 3.86. The van der Waals surface area contributed by atoms with Crippen LogP contribution in [0.3, 0.4) is 0 Å². The highest BCUT2D eigenvalue weighted by Crippen LogP contribution is 2.36. The molecule has 2 N–H and O–H groups in total. The molecule has 2 aromatic rings. The van der Waals surface area contributed by atoms with Crippen molar-refractivity contribution in [3.05, 3.63) is 63.8 Å². The van der Waals surface area contributed by atoms with Gasteiger partial charge in [-0.3, -0.25) is 4.79 Å². The highest BCUT2D eigenvalue weighted by Gasteiger charge is 2.39. The summed E-state index contributed by atoms with van der Waals surface area (Å²) in [5, 5.41) is 14.1. The summed E-state index contributed by atoms with van der Waals surface area (Å²) in [5.41, 5.74) is 1.76. The van der Waals surface area contributed by atoms with Crippen molar-refractivity contribution in [2.45, 2.75) is 19.4 Å². The van der Waals surface area contributed by atoms with Crippen LogP contribution >= 0.6 is 23.2 Å². The zero-order chi connectivity index (χ0) is 16.8. The number of hydrogen-bond donors (Lipinski definition) is 2. The van der Waals surface area contributed by atoms with Gasteiger partial charge in [-0.05, 0) is 43.2 Å². The summed E-state index contributed by atoms with van der Waals surface area (Å²) >= 11 is 12.4. The van der Waals surface area contributed by atoms with E-state index in [2.05, 4.69) is 5.32 Å². The normalized spacial score (nSPS) is 16.6. The second-order valence-electron chi connectivity index (χ2n) is 6.01. The maximum Gasteiger partial charge on any atom is 0.256 e. The molecule has 0 saturated carbocycles. The van der Waals surface area contributed by atoms with E-state index in [1.54, 1.807) is 32.0 Å². The first-order valence-electron chi connectivity index (χ1n) is 7.12. The molecule has 1 heterocycles. The number of aliphatic hydroxyl groups is 1. The van der Waals surface area contributed by atoms with Gasteiger partial charge >= 0.3 is 0 Å². The molecule has 0 atom stereocenters. The van der Waals surface area contributed by atoms with Crippen LogP contribution in [0.4, 0.5) is 0 Å². The van der Waals surface area contributed by atoms with Gasteiger partial charge in [0, 0.05) is 15.6 Å². The fourth-order valence-corrected chi connectivity index (χ4v) is 3.11. The lowest BCUT2D eigenvalue weighted by atomic mass is 9.97. The largest absolute Gasteiger partial charge is 0.509 e. The van der Waals surface area contributed by atoms with Gasteiger partial charge in [0.15, 0.2) is 0 Å². The minimum absolute atomic E-state index is 0.0000874. The molecule has 0 aromatic heterocycles. The van der Waals surface area contributed by atoms with Gasteiger partial charge in [0.25, 0.3) is 5.91 Å². The summed E-state index contributed by atoms with van der Waals surface area (Å²) < 4.78 is 0. The lowest BCUT2D eigenvalue weighted by Gasteiger charge is -2.17. The number of hydrogen-bond acceptors (Lipinski definition) is 2. The molecule has 0 fully saturated rings. The second kappa shape index (κ2) is 5.59. The first-order chi connectivity index (χ1) is 10.8. The van der Waals surface area contributed by atoms with Crippen LogP contribution in [0.2, 0.25) is 10.0 Å². The van der Waals surface area contributed by atoms with Crippen LogP contribution < -0.4 is 5.32 Å². The Bertz CT molecular complexity index is 841. The van der Waals surface area contributed by atoms with Gasteiger partial charge in [-0.15, -0.1) is 0 Å². The van der Waals surface area contributed by atoms with E-state index in [9.17, 15) is 9.90 Å². The average molecular weight is 348 g/mol. The molecule has 2 aromatic carbocycles. The molecule has 0 unspecified atom stereocenters. The Morgan fingerprint density at radius 1 is 1.04 bits per heavy atom. The molecule has 1 amide bonds. The maximum atomic E-state index is 12.1. The number of benzene rings is 2. The molecule has 1 aliphatic rings. The van der Waals surface area contributed by atoms with Gasteiger partial charge in [-0.2, -0.15) is 0 Å². The Morgan fingerprint density at radius 2 is 1.74 bits per heavy atom.